The van der Waals surface area contributed by atoms with Crippen molar-refractivity contribution < 1.29 is 22.7 Å². The van der Waals surface area contributed by atoms with E-state index in [-0.39, 0.29) is 16.5 Å². The molecular formula is C19H21BrN2O5S. The third kappa shape index (κ3) is 6.15. The van der Waals surface area contributed by atoms with Crippen molar-refractivity contribution in [2.24, 2.45) is 0 Å². The molecule has 0 aliphatic heterocycles. The highest BCUT2D eigenvalue weighted by molar-refractivity contribution is 9.10. The predicted molar refractivity (Wildman–Crippen MR) is 110 cm³/mol. The molecule has 28 heavy (non-hydrogen) atoms. The molecule has 1 amide bonds. The van der Waals surface area contributed by atoms with E-state index in [0.717, 1.165) is 5.56 Å². The molecule has 0 fully saturated rings. The summed E-state index contributed by atoms with van der Waals surface area (Å²) in [6.45, 7) is 4.78. The Balaban J connectivity index is 2.07. The van der Waals surface area contributed by atoms with Gasteiger partial charge in [0.05, 0.1) is 10.5 Å². The summed E-state index contributed by atoms with van der Waals surface area (Å²) in [6.07, 6.45) is 0. The van der Waals surface area contributed by atoms with E-state index in [4.69, 9.17) is 4.74 Å². The molecule has 2 aromatic carbocycles. The summed E-state index contributed by atoms with van der Waals surface area (Å²) in [5, 5.41) is 2.63. The van der Waals surface area contributed by atoms with Crippen molar-refractivity contribution in [3.05, 3.63) is 58.1 Å². The Bertz CT molecular complexity index is 990. The fourth-order valence-electron chi connectivity index (χ4n) is 2.34. The molecule has 0 saturated carbocycles. The lowest BCUT2D eigenvalue weighted by atomic mass is 10.2. The van der Waals surface area contributed by atoms with Crippen LogP contribution in [0.3, 0.4) is 0 Å². The van der Waals surface area contributed by atoms with Crippen LogP contribution < -0.4 is 10.0 Å². The van der Waals surface area contributed by atoms with Crippen molar-refractivity contribution in [2.75, 3.05) is 11.9 Å². The Morgan fingerprint density at radius 1 is 1.14 bits per heavy atom. The van der Waals surface area contributed by atoms with Gasteiger partial charge < -0.3 is 10.1 Å². The summed E-state index contributed by atoms with van der Waals surface area (Å²) >= 11 is 3.20. The molecule has 2 N–H and O–H groups in total. The van der Waals surface area contributed by atoms with Crippen molar-refractivity contribution >= 4 is 43.5 Å². The normalized spacial score (nSPS) is 11.3. The van der Waals surface area contributed by atoms with Gasteiger partial charge >= 0.3 is 5.97 Å². The molecule has 0 atom stereocenters. The monoisotopic (exact) mass is 468 g/mol. The fraction of sp³-hybridized carbons (Fsp3) is 0.263. The number of amides is 1. The van der Waals surface area contributed by atoms with Gasteiger partial charge in [0, 0.05) is 16.2 Å². The van der Waals surface area contributed by atoms with E-state index < -0.39 is 28.5 Å². The molecule has 0 radical (unpaired) electrons. The van der Waals surface area contributed by atoms with Gasteiger partial charge in [0.2, 0.25) is 10.0 Å². The van der Waals surface area contributed by atoms with Crippen molar-refractivity contribution in [2.45, 2.75) is 31.7 Å². The van der Waals surface area contributed by atoms with Crippen molar-refractivity contribution in [1.29, 1.82) is 0 Å². The highest BCUT2D eigenvalue weighted by Gasteiger charge is 2.20. The van der Waals surface area contributed by atoms with Crippen LogP contribution in [-0.2, 0) is 19.6 Å². The minimum atomic E-state index is -3.77. The average Bonchev–Trinajstić information content (AvgIpc) is 2.58. The van der Waals surface area contributed by atoms with Gasteiger partial charge in [-0.05, 0) is 72.6 Å². The average molecular weight is 469 g/mol. The number of hydrogen-bond acceptors (Lipinski definition) is 5. The first-order chi connectivity index (χ1) is 13.1. The standard InChI is InChI=1S/C19H21BrN2O5S/c1-12(2)22-28(25,26)15-7-8-17(20)16(10-15)19(24)27-11-18(23)21-14-6-4-5-13(3)9-14/h4-10,12,22H,11H2,1-3H3,(H,21,23). The van der Waals surface area contributed by atoms with Gasteiger partial charge in [0.25, 0.3) is 5.91 Å². The molecule has 0 saturated heterocycles. The molecule has 0 aromatic heterocycles. The maximum Gasteiger partial charge on any atom is 0.339 e. The summed E-state index contributed by atoms with van der Waals surface area (Å²) in [7, 11) is -3.77. The van der Waals surface area contributed by atoms with Gasteiger partial charge in [-0.25, -0.2) is 17.9 Å². The quantitative estimate of drug-likeness (QED) is 0.607. The number of rotatable bonds is 7. The number of ether oxygens (including phenoxy) is 1. The van der Waals surface area contributed by atoms with Gasteiger partial charge in [-0.1, -0.05) is 12.1 Å². The lowest BCUT2D eigenvalue weighted by Gasteiger charge is -2.12. The molecule has 0 unspecified atom stereocenters. The number of nitrogens with one attached hydrogen (secondary N) is 2. The van der Waals surface area contributed by atoms with Crippen LogP contribution in [0.2, 0.25) is 0 Å². The van der Waals surface area contributed by atoms with Crippen LogP contribution in [0.4, 0.5) is 5.69 Å². The fourth-order valence-corrected chi connectivity index (χ4v) is 4.02. The molecule has 0 aliphatic carbocycles. The summed E-state index contributed by atoms with van der Waals surface area (Å²) in [6, 6.07) is 10.9. The number of esters is 1. The van der Waals surface area contributed by atoms with Gasteiger partial charge in [-0.2, -0.15) is 0 Å². The molecule has 150 valence electrons. The maximum atomic E-state index is 12.3. The van der Waals surface area contributed by atoms with Crippen LogP contribution in [0, 0.1) is 6.92 Å². The first-order valence-corrected chi connectivity index (χ1v) is 10.7. The van der Waals surface area contributed by atoms with Crippen LogP contribution in [0.5, 0.6) is 0 Å². The SMILES string of the molecule is Cc1cccc(NC(=O)COC(=O)c2cc(S(=O)(=O)NC(C)C)ccc2Br)c1. The van der Waals surface area contributed by atoms with E-state index in [2.05, 4.69) is 26.0 Å². The zero-order valence-electron chi connectivity index (χ0n) is 15.7. The lowest BCUT2D eigenvalue weighted by molar-refractivity contribution is -0.119. The third-order valence-corrected chi connectivity index (χ3v) is 5.84. The molecule has 0 heterocycles. The van der Waals surface area contributed by atoms with Gasteiger partial charge in [0.15, 0.2) is 6.61 Å². The van der Waals surface area contributed by atoms with Gasteiger partial charge in [-0.3, -0.25) is 4.79 Å². The molecule has 0 bridgehead atoms. The van der Waals surface area contributed by atoms with E-state index in [1.54, 1.807) is 32.0 Å². The molecule has 0 spiro atoms. The molecule has 0 aliphatic rings. The van der Waals surface area contributed by atoms with E-state index in [1.165, 1.54) is 18.2 Å². The maximum absolute atomic E-state index is 12.3. The number of halogens is 1. The topological polar surface area (TPSA) is 102 Å². The second-order valence-corrected chi connectivity index (χ2v) is 8.98. The summed E-state index contributed by atoms with van der Waals surface area (Å²) < 4.78 is 32.4. The number of benzene rings is 2. The van der Waals surface area contributed by atoms with E-state index in [0.29, 0.717) is 10.2 Å². The zero-order chi connectivity index (χ0) is 20.9. The van der Waals surface area contributed by atoms with Crippen molar-refractivity contribution in [3.63, 3.8) is 0 Å². The number of aryl methyl sites for hydroxylation is 1. The number of sulfonamides is 1. The Labute approximate surface area is 172 Å². The highest BCUT2D eigenvalue weighted by atomic mass is 79.9. The molecule has 7 nitrogen and oxygen atoms in total. The van der Waals surface area contributed by atoms with E-state index in [9.17, 15) is 18.0 Å². The zero-order valence-corrected chi connectivity index (χ0v) is 18.1. The highest BCUT2D eigenvalue weighted by Crippen LogP contribution is 2.22. The molecular weight excluding hydrogens is 448 g/mol. The second-order valence-electron chi connectivity index (χ2n) is 6.41. The lowest BCUT2D eigenvalue weighted by Crippen LogP contribution is -2.30. The first-order valence-electron chi connectivity index (χ1n) is 8.44. The second kappa shape index (κ2) is 9.31. The Hall–Kier alpha value is -2.23. The molecule has 2 rings (SSSR count). The largest absolute Gasteiger partial charge is 0.452 e. The summed E-state index contributed by atoms with van der Waals surface area (Å²) in [4.78, 5) is 24.2. The van der Waals surface area contributed by atoms with Crippen LogP contribution in [0.1, 0.15) is 29.8 Å². The van der Waals surface area contributed by atoms with Crippen molar-refractivity contribution in [3.8, 4) is 0 Å². The Kier molecular flexibility index (Phi) is 7.34. The number of anilines is 1. The Morgan fingerprint density at radius 3 is 2.50 bits per heavy atom. The van der Waals surface area contributed by atoms with E-state index in [1.807, 2.05) is 13.0 Å². The molecule has 2 aromatic rings. The number of carbonyl (C=O) groups is 2. The molecule has 9 heteroatoms. The minimum Gasteiger partial charge on any atom is -0.452 e. The summed E-state index contributed by atoms with van der Waals surface area (Å²) in [5.74, 6) is -1.31. The first kappa shape index (κ1) is 22.1. The van der Waals surface area contributed by atoms with Crippen LogP contribution in [0.15, 0.2) is 51.8 Å². The number of hydrogen-bond donors (Lipinski definition) is 2. The predicted octanol–water partition coefficient (Wildman–Crippen LogP) is 3.24. The minimum absolute atomic E-state index is 0.00925. The van der Waals surface area contributed by atoms with E-state index >= 15 is 0 Å². The smallest absolute Gasteiger partial charge is 0.339 e. The van der Waals surface area contributed by atoms with Crippen LogP contribution >= 0.6 is 15.9 Å². The van der Waals surface area contributed by atoms with Gasteiger partial charge in [0.1, 0.15) is 0 Å². The van der Waals surface area contributed by atoms with Crippen LogP contribution in [0.25, 0.3) is 0 Å². The van der Waals surface area contributed by atoms with Crippen LogP contribution in [-0.4, -0.2) is 32.9 Å². The third-order valence-electron chi connectivity index (χ3n) is 3.50. The van der Waals surface area contributed by atoms with Gasteiger partial charge in [-0.15, -0.1) is 0 Å². The summed E-state index contributed by atoms with van der Waals surface area (Å²) in [5.41, 5.74) is 1.58. The number of carbonyl (C=O) groups excluding carboxylic acids is 2. The van der Waals surface area contributed by atoms with Crippen molar-refractivity contribution in [1.82, 2.24) is 4.72 Å². The Morgan fingerprint density at radius 2 is 1.86 bits per heavy atom.